The van der Waals surface area contributed by atoms with Crippen LogP contribution in [0.5, 0.6) is 0 Å². The van der Waals surface area contributed by atoms with Crippen molar-refractivity contribution in [3.8, 4) is 0 Å². The van der Waals surface area contributed by atoms with Gasteiger partial charge >= 0.3 is 5.97 Å². The van der Waals surface area contributed by atoms with Gasteiger partial charge in [-0.1, -0.05) is 6.42 Å². The third kappa shape index (κ3) is 2.97. The molecule has 2 aliphatic rings. The van der Waals surface area contributed by atoms with Crippen molar-refractivity contribution in [2.24, 2.45) is 5.92 Å². The van der Waals surface area contributed by atoms with Crippen LogP contribution in [0, 0.1) is 5.92 Å². The van der Waals surface area contributed by atoms with Gasteiger partial charge < -0.3 is 5.11 Å². The van der Waals surface area contributed by atoms with Crippen LogP contribution in [0.3, 0.4) is 0 Å². The summed E-state index contributed by atoms with van der Waals surface area (Å²) in [4.78, 5) is 13.2. The Morgan fingerprint density at radius 3 is 2.75 bits per heavy atom. The average molecular weight is 225 g/mol. The summed E-state index contributed by atoms with van der Waals surface area (Å²) < 4.78 is 0. The standard InChI is InChI=1S/C13H23NO2/c1-10(11-5-6-11)14-9-3-2-4-12(14)7-8-13(15)16/h10-12H,2-9H2,1H3,(H,15,16). The van der Waals surface area contributed by atoms with Gasteiger partial charge in [-0.15, -0.1) is 0 Å². The van der Waals surface area contributed by atoms with Gasteiger partial charge in [-0.3, -0.25) is 9.69 Å². The highest BCUT2D eigenvalue weighted by molar-refractivity contribution is 5.66. The molecule has 3 heteroatoms. The molecular formula is C13H23NO2. The molecule has 0 aromatic heterocycles. The smallest absolute Gasteiger partial charge is 0.303 e. The highest BCUT2D eigenvalue weighted by Gasteiger charge is 2.35. The Bertz CT molecular complexity index is 250. The van der Waals surface area contributed by atoms with Crippen molar-refractivity contribution in [2.45, 2.75) is 64.0 Å². The van der Waals surface area contributed by atoms with Crippen LogP contribution in [0.25, 0.3) is 0 Å². The van der Waals surface area contributed by atoms with Gasteiger partial charge in [0.05, 0.1) is 0 Å². The number of nitrogens with zero attached hydrogens (tertiary/aromatic N) is 1. The summed E-state index contributed by atoms with van der Waals surface area (Å²) in [5.41, 5.74) is 0. The topological polar surface area (TPSA) is 40.5 Å². The molecule has 0 bridgehead atoms. The maximum Gasteiger partial charge on any atom is 0.303 e. The molecule has 16 heavy (non-hydrogen) atoms. The molecule has 0 radical (unpaired) electrons. The van der Waals surface area contributed by atoms with Crippen LogP contribution >= 0.6 is 0 Å². The number of hydrogen-bond donors (Lipinski definition) is 1. The fraction of sp³-hybridized carbons (Fsp3) is 0.923. The van der Waals surface area contributed by atoms with E-state index in [-0.39, 0.29) is 0 Å². The lowest BCUT2D eigenvalue weighted by atomic mass is 9.95. The largest absolute Gasteiger partial charge is 0.481 e. The Kier molecular flexibility index (Phi) is 3.85. The summed E-state index contributed by atoms with van der Waals surface area (Å²) in [5.74, 6) is 0.245. The number of carboxylic acid groups (broad SMARTS) is 1. The van der Waals surface area contributed by atoms with Crippen LogP contribution in [-0.4, -0.2) is 34.6 Å². The van der Waals surface area contributed by atoms with E-state index in [1.807, 2.05) is 0 Å². The van der Waals surface area contributed by atoms with Gasteiger partial charge in [0.1, 0.15) is 0 Å². The minimum Gasteiger partial charge on any atom is -0.481 e. The van der Waals surface area contributed by atoms with Crippen molar-refractivity contribution in [1.82, 2.24) is 4.90 Å². The molecule has 0 aromatic rings. The van der Waals surface area contributed by atoms with E-state index in [1.165, 1.54) is 38.6 Å². The van der Waals surface area contributed by atoms with E-state index >= 15 is 0 Å². The van der Waals surface area contributed by atoms with Gasteiger partial charge in [-0.05, 0) is 51.5 Å². The van der Waals surface area contributed by atoms with Gasteiger partial charge in [0.15, 0.2) is 0 Å². The molecule has 92 valence electrons. The number of aliphatic carboxylic acids is 1. The first-order valence-electron chi connectivity index (χ1n) is 6.66. The summed E-state index contributed by atoms with van der Waals surface area (Å²) in [6, 6.07) is 1.21. The van der Waals surface area contributed by atoms with Crippen LogP contribution in [-0.2, 0) is 4.79 Å². The number of rotatable bonds is 5. The van der Waals surface area contributed by atoms with Crippen molar-refractivity contribution < 1.29 is 9.90 Å². The molecule has 1 heterocycles. The zero-order chi connectivity index (χ0) is 11.5. The minimum absolute atomic E-state index is 0.332. The second-order valence-corrected chi connectivity index (χ2v) is 5.40. The van der Waals surface area contributed by atoms with Crippen LogP contribution in [0.2, 0.25) is 0 Å². The predicted octanol–water partition coefficient (Wildman–Crippen LogP) is 2.50. The van der Waals surface area contributed by atoms with Gasteiger partial charge in [0, 0.05) is 18.5 Å². The van der Waals surface area contributed by atoms with E-state index in [9.17, 15) is 4.79 Å². The van der Waals surface area contributed by atoms with E-state index in [1.54, 1.807) is 0 Å². The minimum atomic E-state index is -0.649. The number of piperidine rings is 1. The molecule has 1 aliphatic carbocycles. The fourth-order valence-electron chi connectivity index (χ4n) is 3.01. The van der Waals surface area contributed by atoms with Gasteiger partial charge in [-0.2, -0.15) is 0 Å². The quantitative estimate of drug-likeness (QED) is 0.781. The summed E-state index contributed by atoms with van der Waals surface area (Å²) in [7, 11) is 0. The normalized spacial score (nSPS) is 28.9. The molecule has 0 aromatic carbocycles. The molecule has 0 amide bonds. The summed E-state index contributed by atoms with van der Waals surface area (Å²) in [6.07, 6.45) is 7.70. The van der Waals surface area contributed by atoms with Crippen molar-refractivity contribution in [3.05, 3.63) is 0 Å². The van der Waals surface area contributed by atoms with Crippen LogP contribution < -0.4 is 0 Å². The highest BCUT2D eigenvalue weighted by atomic mass is 16.4. The lowest BCUT2D eigenvalue weighted by Gasteiger charge is -2.40. The monoisotopic (exact) mass is 225 g/mol. The van der Waals surface area contributed by atoms with Crippen LogP contribution in [0.1, 0.15) is 51.9 Å². The maximum atomic E-state index is 10.6. The second-order valence-electron chi connectivity index (χ2n) is 5.40. The van der Waals surface area contributed by atoms with Gasteiger partial charge in [0.25, 0.3) is 0 Å². The van der Waals surface area contributed by atoms with Crippen molar-refractivity contribution in [1.29, 1.82) is 0 Å². The molecule has 1 N–H and O–H groups in total. The zero-order valence-electron chi connectivity index (χ0n) is 10.2. The van der Waals surface area contributed by atoms with Crippen molar-refractivity contribution >= 4 is 5.97 Å². The third-order valence-corrected chi connectivity index (χ3v) is 4.19. The molecule has 2 rings (SSSR count). The summed E-state index contributed by atoms with van der Waals surface area (Å²) >= 11 is 0. The Balaban J connectivity index is 1.87. The number of carboxylic acids is 1. The first-order valence-corrected chi connectivity index (χ1v) is 6.66. The molecule has 2 atom stereocenters. The Morgan fingerprint density at radius 1 is 1.38 bits per heavy atom. The first kappa shape index (κ1) is 11.9. The maximum absolute atomic E-state index is 10.6. The number of carbonyl (C=O) groups is 1. The second kappa shape index (κ2) is 5.17. The molecule has 2 fully saturated rings. The van der Waals surface area contributed by atoms with Crippen molar-refractivity contribution in [3.63, 3.8) is 0 Å². The molecule has 1 aliphatic heterocycles. The van der Waals surface area contributed by atoms with E-state index in [0.29, 0.717) is 18.5 Å². The average Bonchev–Trinajstić information content (AvgIpc) is 3.09. The number of hydrogen-bond acceptors (Lipinski definition) is 2. The zero-order valence-corrected chi connectivity index (χ0v) is 10.2. The number of likely N-dealkylation sites (tertiary alicyclic amines) is 1. The van der Waals surface area contributed by atoms with Gasteiger partial charge in [0.2, 0.25) is 0 Å². The molecule has 2 unspecified atom stereocenters. The van der Waals surface area contributed by atoms with Gasteiger partial charge in [-0.25, -0.2) is 0 Å². The first-order chi connectivity index (χ1) is 7.68. The predicted molar refractivity (Wildman–Crippen MR) is 63.4 cm³/mol. The van der Waals surface area contributed by atoms with E-state index < -0.39 is 5.97 Å². The lowest BCUT2D eigenvalue weighted by Crippen LogP contribution is -2.46. The lowest BCUT2D eigenvalue weighted by molar-refractivity contribution is -0.137. The van der Waals surface area contributed by atoms with Crippen molar-refractivity contribution in [2.75, 3.05) is 6.54 Å². The Hall–Kier alpha value is -0.570. The molecule has 3 nitrogen and oxygen atoms in total. The van der Waals surface area contributed by atoms with E-state index in [4.69, 9.17) is 5.11 Å². The van der Waals surface area contributed by atoms with E-state index in [0.717, 1.165) is 12.3 Å². The Morgan fingerprint density at radius 2 is 2.12 bits per heavy atom. The molecule has 0 spiro atoms. The molecular weight excluding hydrogens is 202 g/mol. The SMILES string of the molecule is CC(C1CC1)N1CCCCC1CCC(=O)O. The Labute approximate surface area is 97.8 Å². The van der Waals surface area contributed by atoms with Crippen LogP contribution in [0.15, 0.2) is 0 Å². The third-order valence-electron chi connectivity index (χ3n) is 4.19. The summed E-state index contributed by atoms with van der Waals surface area (Å²) in [5, 5.41) is 8.77. The van der Waals surface area contributed by atoms with Crippen LogP contribution in [0.4, 0.5) is 0 Å². The molecule has 1 saturated heterocycles. The highest BCUT2D eigenvalue weighted by Crippen LogP contribution is 2.37. The summed E-state index contributed by atoms with van der Waals surface area (Å²) in [6.45, 7) is 3.51. The fourth-order valence-corrected chi connectivity index (χ4v) is 3.01. The van der Waals surface area contributed by atoms with E-state index in [2.05, 4.69) is 11.8 Å². The molecule has 1 saturated carbocycles.